The molecule has 2 N–H and O–H groups in total. The Morgan fingerprint density at radius 3 is 2.52 bits per heavy atom. The molecule has 27 heavy (non-hydrogen) atoms. The first-order chi connectivity index (χ1) is 12.7. The molecule has 6 heteroatoms. The van der Waals surface area contributed by atoms with Gasteiger partial charge in [-0.1, -0.05) is 37.6 Å². The number of carbonyl (C=O) groups excluding carboxylic acids is 1. The number of rotatable bonds is 6. The topological polar surface area (TPSA) is 75.1 Å². The first-order valence-electron chi connectivity index (χ1n) is 8.69. The van der Waals surface area contributed by atoms with Crippen LogP contribution in [0.1, 0.15) is 30.1 Å². The minimum atomic E-state index is -0.289. The monoisotopic (exact) mass is 453 g/mol. The van der Waals surface area contributed by atoms with Gasteiger partial charge in [-0.05, 0) is 30.7 Å². The molecule has 0 saturated heterocycles. The van der Waals surface area contributed by atoms with Crippen molar-refractivity contribution in [2.24, 2.45) is 0 Å². The molecule has 5 nitrogen and oxygen atoms in total. The summed E-state index contributed by atoms with van der Waals surface area (Å²) in [5.41, 5.74) is 3.02. The molecule has 0 unspecified atom stereocenters. The summed E-state index contributed by atoms with van der Waals surface area (Å²) in [5.74, 6) is -0.338. The van der Waals surface area contributed by atoms with Crippen LogP contribution in [0.2, 0.25) is 0 Å². The van der Waals surface area contributed by atoms with Crippen LogP contribution in [-0.2, 0) is 20.4 Å². The van der Waals surface area contributed by atoms with E-state index in [-0.39, 0.29) is 37.6 Å². The Labute approximate surface area is 172 Å². The maximum absolute atomic E-state index is 12.7. The van der Waals surface area contributed by atoms with E-state index in [0.717, 1.165) is 18.4 Å². The Balaban J connectivity index is 0.00000261. The van der Waals surface area contributed by atoms with E-state index in [2.05, 4.69) is 22.2 Å². The number of nitrogens with zero attached hydrogens (tertiary/aromatic N) is 2. The van der Waals surface area contributed by atoms with E-state index in [0.29, 0.717) is 23.5 Å². The van der Waals surface area contributed by atoms with Crippen LogP contribution in [0.25, 0.3) is 22.5 Å². The first-order valence-corrected chi connectivity index (χ1v) is 8.69. The number of carbonyl (C=O) groups is 1. The average Bonchev–Trinajstić information content (AvgIpc) is 2.68. The molecule has 0 bridgehead atoms. The number of hydrogen-bond acceptors (Lipinski definition) is 4. The summed E-state index contributed by atoms with van der Waals surface area (Å²) in [5, 5.41) is 13.2. The van der Waals surface area contributed by atoms with E-state index in [9.17, 15) is 9.90 Å². The summed E-state index contributed by atoms with van der Waals surface area (Å²) >= 11 is 0. The third kappa shape index (κ3) is 4.79. The molecule has 0 aliphatic rings. The number of aromatic nitrogens is 2. The Bertz CT molecular complexity index is 901. The van der Waals surface area contributed by atoms with E-state index >= 15 is 0 Å². The second-order valence-electron chi connectivity index (χ2n) is 5.92. The first kappa shape index (κ1) is 20.8. The molecule has 0 fully saturated rings. The van der Waals surface area contributed by atoms with Crippen molar-refractivity contribution in [1.82, 2.24) is 15.3 Å². The Hall–Kier alpha value is -2.55. The minimum Gasteiger partial charge on any atom is -0.507 e. The van der Waals surface area contributed by atoms with Gasteiger partial charge in [0.2, 0.25) is 0 Å². The zero-order valence-electron chi connectivity index (χ0n) is 15.0. The van der Waals surface area contributed by atoms with Gasteiger partial charge in [-0.3, -0.25) is 14.8 Å². The van der Waals surface area contributed by atoms with E-state index in [1.165, 1.54) is 6.07 Å². The summed E-state index contributed by atoms with van der Waals surface area (Å²) in [7, 11) is 0. The van der Waals surface area contributed by atoms with Crippen molar-refractivity contribution in [1.29, 1.82) is 0 Å². The second-order valence-corrected chi connectivity index (χ2v) is 5.92. The Kier molecular flexibility index (Phi) is 7.66. The van der Waals surface area contributed by atoms with Crippen molar-refractivity contribution in [3.8, 4) is 28.3 Å². The number of nitrogens with one attached hydrogen (secondary N) is 1. The Morgan fingerprint density at radius 2 is 1.78 bits per heavy atom. The number of phenols is 1. The fourth-order valence-electron chi connectivity index (χ4n) is 2.80. The summed E-state index contributed by atoms with van der Waals surface area (Å²) in [4.78, 5) is 21.5. The standard InChI is InChI=1S/C21H21N3O2.Pd/c1-2-3-12-24-21(26)19-15(8-6-11-18(19)25)16-9-7-14-23-20(16)17-10-4-5-13-22-17;/h4-11,13-14,25H,2-3,12H2,1H3,(H,24,26);/q;+2. The van der Waals surface area contributed by atoms with E-state index in [4.69, 9.17) is 0 Å². The van der Waals surface area contributed by atoms with E-state index in [1.54, 1.807) is 18.5 Å². The largest absolute Gasteiger partial charge is 2.00 e. The zero-order chi connectivity index (χ0) is 18.4. The Morgan fingerprint density at radius 1 is 1.00 bits per heavy atom. The van der Waals surface area contributed by atoms with Gasteiger partial charge in [0.25, 0.3) is 5.91 Å². The molecule has 0 saturated carbocycles. The van der Waals surface area contributed by atoms with Gasteiger partial charge in [-0.15, -0.1) is 0 Å². The molecular formula is C21H21N3O2Pd+2. The zero-order valence-corrected chi connectivity index (χ0v) is 16.5. The van der Waals surface area contributed by atoms with Gasteiger partial charge in [-0.2, -0.15) is 0 Å². The van der Waals surface area contributed by atoms with Crippen molar-refractivity contribution < 1.29 is 30.3 Å². The summed E-state index contributed by atoms with van der Waals surface area (Å²) < 4.78 is 0. The molecule has 140 valence electrons. The smallest absolute Gasteiger partial charge is 0.507 e. The molecule has 1 amide bonds. The van der Waals surface area contributed by atoms with Gasteiger partial charge < -0.3 is 10.4 Å². The molecule has 2 heterocycles. The molecular weight excluding hydrogens is 433 g/mol. The van der Waals surface area contributed by atoms with Gasteiger partial charge in [0.15, 0.2) is 0 Å². The van der Waals surface area contributed by atoms with Crippen LogP contribution >= 0.6 is 0 Å². The molecule has 0 radical (unpaired) electrons. The van der Waals surface area contributed by atoms with Crippen LogP contribution in [0.3, 0.4) is 0 Å². The average molecular weight is 454 g/mol. The fraction of sp³-hybridized carbons (Fsp3) is 0.190. The third-order valence-corrected chi connectivity index (χ3v) is 4.09. The molecule has 3 aromatic rings. The van der Waals surface area contributed by atoms with Gasteiger partial charge in [0, 0.05) is 30.1 Å². The predicted molar refractivity (Wildman–Crippen MR) is 102 cm³/mol. The maximum Gasteiger partial charge on any atom is 2.00 e. The summed E-state index contributed by atoms with van der Waals surface area (Å²) in [6, 6.07) is 14.4. The number of aromatic hydroxyl groups is 1. The third-order valence-electron chi connectivity index (χ3n) is 4.09. The number of amides is 1. The maximum atomic E-state index is 12.7. The van der Waals surface area contributed by atoms with E-state index in [1.807, 2.05) is 36.4 Å². The SMILES string of the molecule is CCCCNC(=O)c1c(O)cccc1-c1cccnc1-c1ccccn1.[Pd+2]. The van der Waals surface area contributed by atoms with Crippen LogP contribution in [-0.4, -0.2) is 27.5 Å². The molecule has 2 aromatic heterocycles. The quantitative estimate of drug-likeness (QED) is 0.436. The van der Waals surface area contributed by atoms with Crippen molar-refractivity contribution in [3.05, 3.63) is 66.5 Å². The van der Waals surface area contributed by atoms with Crippen LogP contribution in [0.15, 0.2) is 60.9 Å². The molecule has 0 atom stereocenters. The second kappa shape index (κ2) is 9.96. The molecule has 0 aliphatic heterocycles. The fourth-order valence-corrected chi connectivity index (χ4v) is 2.80. The van der Waals surface area contributed by atoms with Gasteiger partial charge in [0.1, 0.15) is 5.75 Å². The molecule has 1 aromatic carbocycles. The van der Waals surface area contributed by atoms with Gasteiger partial charge >= 0.3 is 20.4 Å². The van der Waals surface area contributed by atoms with Crippen molar-refractivity contribution in [3.63, 3.8) is 0 Å². The van der Waals surface area contributed by atoms with Crippen LogP contribution in [0.4, 0.5) is 0 Å². The van der Waals surface area contributed by atoms with Crippen LogP contribution < -0.4 is 5.32 Å². The number of unbranched alkanes of at least 4 members (excludes halogenated alkanes) is 1. The van der Waals surface area contributed by atoms with Crippen LogP contribution in [0, 0.1) is 0 Å². The van der Waals surface area contributed by atoms with Gasteiger partial charge in [0.05, 0.1) is 17.0 Å². The predicted octanol–water partition coefficient (Wildman–Crippen LogP) is 4.04. The molecule has 0 aliphatic carbocycles. The van der Waals surface area contributed by atoms with Crippen LogP contribution in [0.5, 0.6) is 5.75 Å². The normalized spacial score (nSPS) is 10.1. The van der Waals surface area contributed by atoms with Gasteiger partial charge in [-0.25, -0.2) is 0 Å². The molecule has 0 spiro atoms. The molecule has 3 rings (SSSR count). The number of phenolic OH excluding ortho intramolecular Hbond substituents is 1. The van der Waals surface area contributed by atoms with Crippen molar-refractivity contribution >= 4 is 5.91 Å². The number of pyridine rings is 2. The van der Waals surface area contributed by atoms with Crippen molar-refractivity contribution in [2.45, 2.75) is 19.8 Å². The number of hydrogen-bond donors (Lipinski definition) is 2. The minimum absolute atomic E-state index is 0. The number of benzene rings is 1. The summed E-state index contributed by atoms with van der Waals surface area (Å²) in [6.45, 7) is 2.63. The summed E-state index contributed by atoms with van der Waals surface area (Å²) in [6.07, 6.45) is 5.27. The van der Waals surface area contributed by atoms with E-state index < -0.39 is 0 Å². The van der Waals surface area contributed by atoms with Crippen molar-refractivity contribution in [2.75, 3.05) is 6.54 Å².